The second-order valence-corrected chi connectivity index (χ2v) is 8.48. The van der Waals surface area contributed by atoms with E-state index in [-0.39, 0.29) is 12.5 Å². The van der Waals surface area contributed by atoms with Crippen molar-refractivity contribution in [3.8, 4) is 21.1 Å². The summed E-state index contributed by atoms with van der Waals surface area (Å²) in [6.07, 6.45) is 0. The van der Waals surface area contributed by atoms with Crippen LogP contribution in [0.5, 0.6) is 0 Å². The molecule has 130 valence electrons. The standard InChI is InChI=1S/C17H17N3O2S3/c21-14-11-22-7-5-20(14)6-10-25-17-18-15(12-3-1-8-23-12)16(19-17)13-4-2-9-24-13/h1-4,8-9H,5-7,10-11H2,(H,18,19). The Morgan fingerprint density at radius 2 is 2.04 bits per heavy atom. The monoisotopic (exact) mass is 391 g/mol. The van der Waals surface area contributed by atoms with Crippen LogP contribution in [0.1, 0.15) is 0 Å². The van der Waals surface area contributed by atoms with Crippen LogP contribution in [0.15, 0.2) is 40.2 Å². The Kier molecular flexibility index (Phi) is 5.21. The summed E-state index contributed by atoms with van der Waals surface area (Å²) in [6, 6.07) is 8.30. The third-order valence-electron chi connectivity index (χ3n) is 3.89. The SMILES string of the molecule is O=C1COCCN1CCSc1nc(-c2cccs2)c(-c2cccs2)[nH]1. The maximum Gasteiger partial charge on any atom is 0.248 e. The van der Waals surface area contributed by atoms with Crippen LogP contribution in [0.2, 0.25) is 0 Å². The van der Waals surface area contributed by atoms with E-state index in [4.69, 9.17) is 9.72 Å². The Morgan fingerprint density at radius 3 is 2.76 bits per heavy atom. The zero-order valence-corrected chi connectivity index (χ0v) is 15.9. The van der Waals surface area contributed by atoms with Crippen LogP contribution in [0.25, 0.3) is 21.1 Å². The van der Waals surface area contributed by atoms with Crippen molar-refractivity contribution in [1.82, 2.24) is 14.9 Å². The number of thioether (sulfide) groups is 1. The number of H-pyrrole nitrogens is 1. The number of ether oxygens (including phenoxy) is 1. The van der Waals surface area contributed by atoms with Gasteiger partial charge in [-0.15, -0.1) is 22.7 Å². The second kappa shape index (κ2) is 7.74. The topological polar surface area (TPSA) is 58.2 Å². The zero-order chi connectivity index (χ0) is 17.1. The highest BCUT2D eigenvalue weighted by Crippen LogP contribution is 2.36. The van der Waals surface area contributed by atoms with Crippen LogP contribution in [0.3, 0.4) is 0 Å². The molecular weight excluding hydrogens is 374 g/mol. The van der Waals surface area contributed by atoms with E-state index >= 15 is 0 Å². The number of imidazole rings is 1. The summed E-state index contributed by atoms with van der Waals surface area (Å²) >= 11 is 5.05. The van der Waals surface area contributed by atoms with Gasteiger partial charge >= 0.3 is 0 Å². The highest BCUT2D eigenvalue weighted by atomic mass is 32.2. The van der Waals surface area contributed by atoms with Crippen molar-refractivity contribution in [3.63, 3.8) is 0 Å². The number of hydrogen-bond acceptors (Lipinski definition) is 6. The maximum atomic E-state index is 11.8. The Bertz CT molecular complexity index is 776. The molecule has 0 radical (unpaired) electrons. The molecule has 1 saturated heterocycles. The summed E-state index contributed by atoms with van der Waals surface area (Å²) in [5, 5.41) is 5.04. The van der Waals surface area contributed by atoms with Gasteiger partial charge in [-0.25, -0.2) is 4.98 Å². The van der Waals surface area contributed by atoms with Crippen molar-refractivity contribution in [3.05, 3.63) is 35.0 Å². The number of hydrogen-bond donors (Lipinski definition) is 1. The van der Waals surface area contributed by atoms with E-state index in [0.29, 0.717) is 13.2 Å². The molecule has 0 unspecified atom stereocenters. The minimum Gasteiger partial charge on any atom is -0.370 e. The number of aromatic nitrogens is 2. The van der Waals surface area contributed by atoms with Crippen molar-refractivity contribution in [2.24, 2.45) is 0 Å². The molecule has 3 aromatic heterocycles. The lowest BCUT2D eigenvalue weighted by atomic mass is 10.2. The van der Waals surface area contributed by atoms with Crippen molar-refractivity contribution in [2.45, 2.75) is 5.16 Å². The number of rotatable bonds is 6. The zero-order valence-electron chi connectivity index (χ0n) is 13.4. The fourth-order valence-electron chi connectivity index (χ4n) is 2.65. The molecule has 0 spiro atoms. The number of nitrogens with zero attached hydrogens (tertiary/aromatic N) is 2. The predicted molar refractivity (Wildman–Crippen MR) is 103 cm³/mol. The molecule has 4 heterocycles. The molecule has 8 heteroatoms. The molecule has 0 atom stereocenters. The Labute approximate surface area is 158 Å². The van der Waals surface area contributed by atoms with Gasteiger partial charge in [-0.05, 0) is 22.9 Å². The van der Waals surface area contributed by atoms with Gasteiger partial charge in [-0.1, -0.05) is 23.9 Å². The summed E-state index contributed by atoms with van der Waals surface area (Å²) < 4.78 is 5.16. The number of nitrogens with one attached hydrogen (secondary N) is 1. The molecular formula is C17H17N3O2S3. The first-order valence-electron chi connectivity index (χ1n) is 7.97. The lowest BCUT2D eigenvalue weighted by Crippen LogP contribution is -2.42. The van der Waals surface area contributed by atoms with Gasteiger partial charge in [0.25, 0.3) is 0 Å². The lowest BCUT2D eigenvalue weighted by molar-refractivity contribution is -0.142. The summed E-state index contributed by atoms with van der Waals surface area (Å²) in [5.74, 6) is 0.886. The normalized spacial score (nSPS) is 15.0. The average molecular weight is 392 g/mol. The van der Waals surface area contributed by atoms with Crippen molar-refractivity contribution in [1.29, 1.82) is 0 Å². The highest BCUT2D eigenvalue weighted by Gasteiger charge is 2.19. The van der Waals surface area contributed by atoms with Gasteiger partial charge in [-0.2, -0.15) is 0 Å². The van der Waals surface area contributed by atoms with Crippen molar-refractivity contribution < 1.29 is 9.53 Å². The van der Waals surface area contributed by atoms with Gasteiger partial charge in [0.1, 0.15) is 12.3 Å². The molecule has 1 aliphatic heterocycles. The van der Waals surface area contributed by atoms with Gasteiger partial charge in [0.2, 0.25) is 5.91 Å². The van der Waals surface area contributed by atoms with Crippen LogP contribution in [0, 0.1) is 0 Å². The molecule has 4 rings (SSSR count). The van der Waals surface area contributed by atoms with E-state index in [1.165, 1.54) is 4.88 Å². The van der Waals surface area contributed by atoms with Crippen LogP contribution < -0.4 is 0 Å². The summed E-state index contributed by atoms with van der Waals surface area (Å²) in [4.78, 5) is 24.3. The van der Waals surface area contributed by atoms with E-state index in [0.717, 1.165) is 33.7 Å². The maximum absolute atomic E-state index is 11.8. The molecule has 5 nitrogen and oxygen atoms in total. The number of amides is 1. The summed E-state index contributed by atoms with van der Waals surface area (Å²) in [7, 11) is 0. The molecule has 1 fully saturated rings. The van der Waals surface area contributed by atoms with Crippen LogP contribution >= 0.6 is 34.4 Å². The van der Waals surface area contributed by atoms with E-state index in [1.54, 1.807) is 34.4 Å². The highest BCUT2D eigenvalue weighted by molar-refractivity contribution is 7.99. The number of morpholine rings is 1. The molecule has 1 aliphatic rings. The average Bonchev–Trinajstić information content (AvgIpc) is 3.37. The second-order valence-electron chi connectivity index (χ2n) is 5.50. The summed E-state index contributed by atoms with van der Waals surface area (Å²) in [5.41, 5.74) is 2.07. The number of thiophene rings is 2. The lowest BCUT2D eigenvalue weighted by Gasteiger charge is -2.26. The third-order valence-corrected chi connectivity index (χ3v) is 6.51. The van der Waals surface area contributed by atoms with E-state index < -0.39 is 0 Å². The van der Waals surface area contributed by atoms with Gasteiger partial charge < -0.3 is 14.6 Å². The van der Waals surface area contributed by atoms with Crippen molar-refractivity contribution >= 4 is 40.3 Å². The van der Waals surface area contributed by atoms with E-state index in [9.17, 15) is 4.79 Å². The molecule has 1 N–H and O–H groups in total. The molecule has 0 saturated carbocycles. The molecule has 3 aromatic rings. The minimum absolute atomic E-state index is 0.0739. The van der Waals surface area contributed by atoms with Gasteiger partial charge in [0, 0.05) is 18.8 Å². The minimum atomic E-state index is 0.0739. The van der Waals surface area contributed by atoms with E-state index in [1.807, 2.05) is 11.0 Å². The van der Waals surface area contributed by atoms with Gasteiger partial charge in [-0.3, -0.25) is 4.79 Å². The largest absolute Gasteiger partial charge is 0.370 e. The molecule has 0 aromatic carbocycles. The Balaban J connectivity index is 1.49. The third kappa shape index (κ3) is 3.82. The number of carbonyl (C=O) groups excluding carboxylic acids is 1. The predicted octanol–water partition coefficient (Wildman–Crippen LogP) is 3.82. The first-order valence-corrected chi connectivity index (χ1v) is 10.7. The van der Waals surface area contributed by atoms with Crippen molar-refractivity contribution in [2.75, 3.05) is 32.1 Å². The molecule has 1 amide bonds. The smallest absolute Gasteiger partial charge is 0.248 e. The van der Waals surface area contributed by atoms with Crippen LogP contribution in [0.4, 0.5) is 0 Å². The molecule has 25 heavy (non-hydrogen) atoms. The molecule has 0 bridgehead atoms. The van der Waals surface area contributed by atoms with Crippen LogP contribution in [-0.2, 0) is 9.53 Å². The quantitative estimate of drug-likeness (QED) is 0.649. The summed E-state index contributed by atoms with van der Waals surface area (Å²) in [6.45, 7) is 2.23. The number of aromatic amines is 1. The first-order chi connectivity index (χ1) is 12.3. The van der Waals surface area contributed by atoms with Gasteiger partial charge in [0.05, 0.1) is 22.1 Å². The van der Waals surface area contributed by atoms with E-state index in [2.05, 4.69) is 33.9 Å². The Morgan fingerprint density at radius 1 is 1.24 bits per heavy atom. The molecule has 0 aliphatic carbocycles. The fraction of sp³-hybridized carbons (Fsp3) is 0.294. The first kappa shape index (κ1) is 16.8. The number of carbonyl (C=O) groups is 1. The van der Waals surface area contributed by atoms with Crippen LogP contribution in [-0.4, -0.2) is 52.8 Å². The van der Waals surface area contributed by atoms with Gasteiger partial charge in [0.15, 0.2) is 5.16 Å². The Hall–Kier alpha value is -1.61. The fourth-order valence-corrected chi connectivity index (χ4v) is 4.93.